The van der Waals surface area contributed by atoms with E-state index in [0.29, 0.717) is 5.56 Å². The van der Waals surface area contributed by atoms with Gasteiger partial charge < -0.3 is 10.1 Å². The summed E-state index contributed by atoms with van der Waals surface area (Å²) in [6.07, 6.45) is -2.19. The van der Waals surface area contributed by atoms with Crippen molar-refractivity contribution in [2.24, 2.45) is 0 Å². The van der Waals surface area contributed by atoms with Crippen LogP contribution in [0.1, 0.15) is 11.1 Å². The number of rotatable bonds is 5. The van der Waals surface area contributed by atoms with Crippen molar-refractivity contribution >= 4 is 29.3 Å². The third-order valence-electron chi connectivity index (χ3n) is 3.07. The van der Waals surface area contributed by atoms with Crippen LogP contribution in [-0.2, 0) is 11.0 Å². The van der Waals surface area contributed by atoms with E-state index in [1.165, 1.54) is 36.4 Å². The van der Waals surface area contributed by atoms with E-state index < -0.39 is 29.3 Å². The van der Waals surface area contributed by atoms with Crippen LogP contribution in [0.25, 0.3) is 6.08 Å². The Morgan fingerprint density at radius 2 is 1.77 bits per heavy atom. The average molecular weight is 392 g/mol. The fourth-order valence-electron chi connectivity index (χ4n) is 1.94. The Kier molecular flexibility index (Phi) is 6.20. The Bertz CT molecular complexity index is 804. The van der Waals surface area contributed by atoms with E-state index in [4.69, 9.17) is 11.6 Å². The topological polar surface area (TPSA) is 38.3 Å². The first-order chi connectivity index (χ1) is 12.1. The SMILES string of the molecule is O=C(/C=C/c1ccc(OC(F)F)cc1)Nc1ccc(Cl)c(C(F)(F)F)c1. The molecule has 0 atom stereocenters. The first-order valence-corrected chi connectivity index (χ1v) is 7.43. The van der Waals surface area contributed by atoms with Crippen molar-refractivity contribution < 1.29 is 31.5 Å². The van der Waals surface area contributed by atoms with Gasteiger partial charge in [-0.3, -0.25) is 4.79 Å². The number of carbonyl (C=O) groups is 1. The Morgan fingerprint density at radius 3 is 2.35 bits per heavy atom. The van der Waals surface area contributed by atoms with Gasteiger partial charge in [0.1, 0.15) is 5.75 Å². The molecule has 0 unspecified atom stereocenters. The summed E-state index contributed by atoms with van der Waals surface area (Å²) < 4.78 is 66.6. The van der Waals surface area contributed by atoms with Crippen LogP contribution in [0.15, 0.2) is 48.5 Å². The van der Waals surface area contributed by atoms with E-state index in [9.17, 15) is 26.7 Å². The Balaban J connectivity index is 2.03. The van der Waals surface area contributed by atoms with Crippen LogP contribution >= 0.6 is 11.6 Å². The van der Waals surface area contributed by atoms with Crippen LogP contribution in [0.5, 0.6) is 5.75 Å². The highest BCUT2D eigenvalue weighted by Gasteiger charge is 2.33. The number of halogens is 6. The maximum absolute atomic E-state index is 12.8. The smallest absolute Gasteiger partial charge is 0.417 e. The van der Waals surface area contributed by atoms with Gasteiger partial charge in [-0.05, 0) is 42.0 Å². The molecule has 0 bridgehead atoms. The molecule has 3 nitrogen and oxygen atoms in total. The van der Waals surface area contributed by atoms with Crippen molar-refractivity contribution in [2.75, 3.05) is 5.32 Å². The summed E-state index contributed by atoms with van der Waals surface area (Å²) in [6, 6.07) is 8.45. The zero-order valence-corrected chi connectivity index (χ0v) is 13.6. The highest BCUT2D eigenvalue weighted by atomic mass is 35.5. The highest BCUT2D eigenvalue weighted by molar-refractivity contribution is 6.31. The molecular formula is C17H11ClF5NO2. The second-order valence-corrected chi connectivity index (χ2v) is 5.37. The maximum atomic E-state index is 12.8. The minimum atomic E-state index is -4.64. The summed E-state index contributed by atoms with van der Waals surface area (Å²) >= 11 is 5.50. The van der Waals surface area contributed by atoms with E-state index in [0.717, 1.165) is 18.2 Å². The van der Waals surface area contributed by atoms with Crippen molar-refractivity contribution in [3.8, 4) is 5.75 Å². The van der Waals surface area contributed by atoms with Gasteiger partial charge in [-0.1, -0.05) is 23.7 Å². The van der Waals surface area contributed by atoms with Crippen LogP contribution in [0.3, 0.4) is 0 Å². The molecule has 2 aromatic carbocycles. The monoisotopic (exact) mass is 391 g/mol. The van der Waals surface area contributed by atoms with Crippen LogP contribution < -0.4 is 10.1 Å². The lowest BCUT2D eigenvalue weighted by molar-refractivity contribution is -0.137. The van der Waals surface area contributed by atoms with Gasteiger partial charge >= 0.3 is 12.8 Å². The fourth-order valence-corrected chi connectivity index (χ4v) is 2.16. The van der Waals surface area contributed by atoms with Crippen LogP contribution in [0.4, 0.5) is 27.6 Å². The Hall–Kier alpha value is -2.61. The van der Waals surface area contributed by atoms with E-state index >= 15 is 0 Å². The fraction of sp³-hybridized carbons (Fsp3) is 0.118. The van der Waals surface area contributed by atoms with Crippen molar-refractivity contribution in [1.29, 1.82) is 0 Å². The van der Waals surface area contributed by atoms with Crippen molar-refractivity contribution in [3.63, 3.8) is 0 Å². The molecule has 0 aliphatic carbocycles. The maximum Gasteiger partial charge on any atom is 0.417 e. The molecule has 0 aromatic heterocycles. The number of hydrogen-bond acceptors (Lipinski definition) is 2. The normalized spacial score (nSPS) is 11.8. The molecule has 0 saturated carbocycles. The molecular weight excluding hydrogens is 381 g/mol. The van der Waals surface area contributed by atoms with Crippen molar-refractivity contribution in [1.82, 2.24) is 0 Å². The number of hydrogen-bond donors (Lipinski definition) is 1. The molecule has 26 heavy (non-hydrogen) atoms. The van der Waals surface area contributed by atoms with Crippen LogP contribution in [0, 0.1) is 0 Å². The quantitative estimate of drug-likeness (QED) is 0.531. The standard InChI is InChI=1S/C17H11ClF5NO2/c18-14-7-4-11(9-13(14)17(21,22)23)24-15(25)8-3-10-1-5-12(6-2-10)26-16(19)20/h1-9,16H,(H,24,25)/b8-3+. The molecule has 0 radical (unpaired) electrons. The van der Waals surface area contributed by atoms with Gasteiger partial charge in [0.2, 0.25) is 5.91 Å². The number of amides is 1. The lowest BCUT2D eigenvalue weighted by Crippen LogP contribution is -2.11. The second-order valence-electron chi connectivity index (χ2n) is 4.96. The van der Waals surface area contributed by atoms with E-state index in [1.54, 1.807) is 0 Å². The van der Waals surface area contributed by atoms with E-state index in [-0.39, 0.29) is 11.4 Å². The highest BCUT2D eigenvalue weighted by Crippen LogP contribution is 2.36. The lowest BCUT2D eigenvalue weighted by atomic mass is 10.2. The number of carbonyl (C=O) groups excluding carboxylic acids is 1. The lowest BCUT2D eigenvalue weighted by Gasteiger charge is -2.11. The molecule has 2 aromatic rings. The first kappa shape index (κ1) is 19.7. The Labute approximate surface area is 150 Å². The van der Waals surface area contributed by atoms with Gasteiger partial charge in [0, 0.05) is 11.8 Å². The molecule has 0 saturated heterocycles. The first-order valence-electron chi connectivity index (χ1n) is 7.06. The van der Waals surface area contributed by atoms with Crippen LogP contribution in [-0.4, -0.2) is 12.5 Å². The largest absolute Gasteiger partial charge is 0.435 e. The average Bonchev–Trinajstić information content (AvgIpc) is 2.54. The minimum Gasteiger partial charge on any atom is -0.435 e. The minimum absolute atomic E-state index is 0.0394. The van der Waals surface area contributed by atoms with Crippen LogP contribution in [0.2, 0.25) is 5.02 Å². The Morgan fingerprint density at radius 1 is 1.12 bits per heavy atom. The summed E-state index contributed by atoms with van der Waals surface area (Å²) in [7, 11) is 0. The molecule has 9 heteroatoms. The molecule has 1 N–H and O–H groups in total. The molecule has 0 aliphatic heterocycles. The summed E-state index contributed by atoms with van der Waals surface area (Å²) in [5, 5.41) is 1.81. The molecule has 0 heterocycles. The third-order valence-corrected chi connectivity index (χ3v) is 3.40. The molecule has 0 spiro atoms. The molecule has 1 amide bonds. The molecule has 138 valence electrons. The summed E-state index contributed by atoms with van der Waals surface area (Å²) in [5.74, 6) is -0.712. The van der Waals surface area contributed by atoms with Gasteiger partial charge in [0.25, 0.3) is 0 Å². The zero-order valence-electron chi connectivity index (χ0n) is 12.9. The van der Waals surface area contributed by atoms with Gasteiger partial charge in [0.15, 0.2) is 0 Å². The van der Waals surface area contributed by atoms with E-state index in [1.807, 2.05) is 0 Å². The predicted octanol–water partition coefficient (Wildman–Crippen LogP) is 5.61. The number of benzene rings is 2. The molecule has 0 aliphatic rings. The number of ether oxygens (including phenoxy) is 1. The van der Waals surface area contributed by atoms with Crippen molar-refractivity contribution in [2.45, 2.75) is 12.8 Å². The third kappa shape index (κ3) is 5.73. The van der Waals surface area contributed by atoms with Gasteiger partial charge in [-0.15, -0.1) is 0 Å². The summed E-state index contributed by atoms with van der Waals surface area (Å²) in [5.41, 5.74) is -0.624. The molecule has 0 fully saturated rings. The molecule has 2 rings (SSSR count). The zero-order chi connectivity index (χ0) is 19.3. The predicted molar refractivity (Wildman–Crippen MR) is 87.2 cm³/mol. The van der Waals surface area contributed by atoms with E-state index in [2.05, 4.69) is 10.1 Å². The van der Waals surface area contributed by atoms with Gasteiger partial charge in [-0.2, -0.15) is 22.0 Å². The summed E-state index contributed by atoms with van der Waals surface area (Å²) in [4.78, 5) is 11.8. The van der Waals surface area contributed by atoms with Gasteiger partial charge in [-0.25, -0.2) is 0 Å². The van der Waals surface area contributed by atoms with Gasteiger partial charge in [0.05, 0.1) is 10.6 Å². The number of alkyl halides is 5. The number of nitrogens with one attached hydrogen (secondary N) is 1. The second kappa shape index (κ2) is 8.18. The van der Waals surface area contributed by atoms with Crippen molar-refractivity contribution in [3.05, 3.63) is 64.7 Å². The number of anilines is 1. The summed E-state index contributed by atoms with van der Waals surface area (Å²) in [6.45, 7) is -2.94.